The molecule has 3 aromatic carbocycles. The van der Waals surface area contributed by atoms with Crippen molar-refractivity contribution >= 4 is 29.1 Å². The molecule has 0 aliphatic carbocycles. The number of primary amides is 1. The van der Waals surface area contributed by atoms with E-state index < -0.39 is 5.91 Å². The Bertz CT molecular complexity index is 1080. The molecule has 0 radical (unpaired) electrons. The first kappa shape index (κ1) is 21.4. The molecule has 0 heterocycles. The fourth-order valence-corrected chi connectivity index (χ4v) is 2.73. The topological polar surface area (TPSA) is 120 Å². The molecule has 3 aromatic rings. The number of carbonyl (C=O) groups is 3. The first-order chi connectivity index (χ1) is 15.0. The monoisotopic (exact) mass is 419 g/mol. The molecule has 0 saturated heterocycles. The highest BCUT2D eigenvalue weighted by Crippen LogP contribution is 2.21. The highest BCUT2D eigenvalue weighted by molar-refractivity contribution is 6.06. The van der Waals surface area contributed by atoms with E-state index in [0.717, 1.165) is 0 Å². The van der Waals surface area contributed by atoms with Crippen molar-refractivity contribution in [3.05, 3.63) is 83.9 Å². The Kier molecular flexibility index (Phi) is 6.85. The lowest BCUT2D eigenvalue weighted by Crippen LogP contribution is -2.20. The van der Waals surface area contributed by atoms with Gasteiger partial charge in [0.05, 0.1) is 12.7 Å². The molecule has 0 aromatic heterocycles. The van der Waals surface area contributed by atoms with Crippen LogP contribution in [0.15, 0.2) is 72.8 Å². The van der Waals surface area contributed by atoms with Gasteiger partial charge in [-0.1, -0.05) is 12.1 Å². The molecule has 4 N–H and O–H groups in total. The number of ether oxygens (including phenoxy) is 2. The molecule has 0 saturated carbocycles. The second-order valence-corrected chi connectivity index (χ2v) is 6.46. The third kappa shape index (κ3) is 5.83. The van der Waals surface area contributed by atoms with Crippen molar-refractivity contribution in [3.8, 4) is 11.5 Å². The first-order valence-electron chi connectivity index (χ1n) is 9.33. The van der Waals surface area contributed by atoms with Crippen molar-refractivity contribution in [1.82, 2.24) is 0 Å². The number of para-hydroxylation sites is 1. The van der Waals surface area contributed by atoms with E-state index in [1.807, 2.05) is 0 Å². The van der Waals surface area contributed by atoms with Gasteiger partial charge < -0.3 is 25.8 Å². The molecule has 158 valence electrons. The zero-order chi connectivity index (χ0) is 22.2. The second kappa shape index (κ2) is 9.93. The van der Waals surface area contributed by atoms with Gasteiger partial charge in [-0.25, -0.2) is 0 Å². The Morgan fingerprint density at radius 1 is 0.839 bits per heavy atom. The van der Waals surface area contributed by atoms with E-state index in [2.05, 4.69) is 10.6 Å². The summed E-state index contributed by atoms with van der Waals surface area (Å²) >= 11 is 0. The fraction of sp³-hybridized carbons (Fsp3) is 0.0870. The maximum Gasteiger partial charge on any atom is 0.262 e. The number of nitrogens with two attached hydrogens (primary N) is 1. The third-order valence-electron chi connectivity index (χ3n) is 4.29. The van der Waals surface area contributed by atoms with Crippen LogP contribution in [-0.2, 0) is 4.79 Å². The summed E-state index contributed by atoms with van der Waals surface area (Å²) in [5.74, 6) is -0.248. The average Bonchev–Trinajstić information content (AvgIpc) is 2.79. The summed E-state index contributed by atoms with van der Waals surface area (Å²) in [5.41, 5.74) is 7.05. The van der Waals surface area contributed by atoms with Crippen LogP contribution in [0.1, 0.15) is 20.7 Å². The van der Waals surface area contributed by atoms with Crippen LogP contribution in [0, 0.1) is 0 Å². The molecule has 0 bridgehead atoms. The highest BCUT2D eigenvalue weighted by atomic mass is 16.5. The molecule has 0 aliphatic rings. The van der Waals surface area contributed by atoms with Crippen LogP contribution in [-0.4, -0.2) is 31.4 Å². The van der Waals surface area contributed by atoms with Crippen molar-refractivity contribution in [3.63, 3.8) is 0 Å². The Balaban J connectivity index is 1.51. The molecule has 0 aliphatic heterocycles. The predicted octanol–water partition coefficient (Wildman–Crippen LogP) is 3.06. The Hall–Kier alpha value is -4.33. The largest absolute Gasteiger partial charge is 0.496 e. The van der Waals surface area contributed by atoms with Gasteiger partial charge in [0.2, 0.25) is 5.91 Å². The number of carbonyl (C=O) groups excluding carboxylic acids is 3. The molecule has 0 fully saturated rings. The predicted molar refractivity (Wildman–Crippen MR) is 116 cm³/mol. The van der Waals surface area contributed by atoms with E-state index >= 15 is 0 Å². The maximum absolute atomic E-state index is 12.4. The summed E-state index contributed by atoms with van der Waals surface area (Å²) in [6, 6.07) is 19.8. The summed E-state index contributed by atoms with van der Waals surface area (Å²) in [4.78, 5) is 35.5. The molecule has 8 heteroatoms. The number of methoxy groups -OCH3 is 1. The van der Waals surface area contributed by atoms with Gasteiger partial charge in [-0.3, -0.25) is 14.4 Å². The quantitative estimate of drug-likeness (QED) is 0.518. The molecular weight excluding hydrogens is 398 g/mol. The second-order valence-electron chi connectivity index (χ2n) is 6.46. The number of benzene rings is 3. The molecule has 3 amide bonds. The van der Waals surface area contributed by atoms with Crippen LogP contribution in [0.2, 0.25) is 0 Å². The lowest BCUT2D eigenvalue weighted by atomic mass is 10.2. The Labute approximate surface area is 179 Å². The van der Waals surface area contributed by atoms with Crippen molar-refractivity contribution < 1.29 is 23.9 Å². The molecule has 0 unspecified atom stereocenters. The summed E-state index contributed by atoms with van der Waals surface area (Å²) < 4.78 is 10.7. The van der Waals surface area contributed by atoms with E-state index in [9.17, 15) is 14.4 Å². The normalized spacial score (nSPS) is 10.1. The van der Waals surface area contributed by atoms with Crippen LogP contribution < -0.4 is 25.8 Å². The molecule has 0 spiro atoms. The van der Waals surface area contributed by atoms with Crippen molar-refractivity contribution in [2.24, 2.45) is 5.73 Å². The summed E-state index contributed by atoms with van der Waals surface area (Å²) in [6.07, 6.45) is 0. The Morgan fingerprint density at radius 3 is 2.10 bits per heavy atom. The van der Waals surface area contributed by atoms with Crippen molar-refractivity contribution in [2.75, 3.05) is 24.4 Å². The standard InChI is InChI=1S/C23H21N3O5/c1-30-20-5-3-2-4-19(20)23(29)26-17-10-12-18(13-11-17)31-14-21(27)25-16-8-6-15(7-9-16)22(24)28/h2-13H,14H2,1H3,(H2,24,28)(H,25,27)(H,26,29). The number of anilines is 2. The zero-order valence-electron chi connectivity index (χ0n) is 16.8. The van der Waals surface area contributed by atoms with Crippen LogP contribution in [0.5, 0.6) is 11.5 Å². The zero-order valence-corrected chi connectivity index (χ0v) is 16.8. The number of nitrogens with one attached hydrogen (secondary N) is 2. The summed E-state index contributed by atoms with van der Waals surface area (Å²) in [7, 11) is 1.50. The summed E-state index contributed by atoms with van der Waals surface area (Å²) in [5, 5.41) is 5.44. The number of amides is 3. The third-order valence-corrected chi connectivity index (χ3v) is 4.29. The van der Waals surface area contributed by atoms with Crippen LogP contribution in [0.25, 0.3) is 0 Å². The fourth-order valence-electron chi connectivity index (χ4n) is 2.73. The van der Waals surface area contributed by atoms with Crippen LogP contribution >= 0.6 is 0 Å². The van der Waals surface area contributed by atoms with Gasteiger partial charge in [0, 0.05) is 16.9 Å². The first-order valence-corrected chi connectivity index (χ1v) is 9.33. The minimum absolute atomic E-state index is 0.204. The smallest absolute Gasteiger partial charge is 0.262 e. The van der Waals surface area contributed by atoms with E-state index in [4.69, 9.17) is 15.2 Å². The van der Waals surface area contributed by atoms with Crippen molar-refractivity contribution in [2.45, 2.75) is 0 Å². The van der Waals surface area contributed by atoms with E-state index in [1.54, 1.807) is 60.7 Å². The van der Waals surface area contributed by atoms with Crippen LogP contribution in [0.4, 0.5) is 11.4 Å². The number of hydrogen-bond acceptors (Lipinski definition) is 5. The van der Waals surface area contributed by atoms with Gasteiger partial charge in [-0.05, 0) is 60.7 Å². The highest BCUT2D eigenvalue weighted by Gasteiger charge is 2.12. The van der Waals surface area contributed by atoms with Crippen LogP contribution in [0.3, 0.4) is 0 Å². The van der Waals surface area contributed by atoms with Gasteiger partial charge in [0.15, 0.2) is 6.61 Å². The van der Waals surface area contributed by atoms with Gasteiger partial charge in [0.1, 0.15) is 11.5 Å². The average molecular weight is 419 g/mol. The van der Waals surface area contributed by atoms with E-state index in [-0.39, 0.29) is 18.4 Å². The molecule has 31 heavy (non-hydrogen) atoms. The lowest BCUT2D eigenvalue weighted by Gasteiger charge is -2.10. The minimum Gasteiger partial charge on any atom is -0.496 e. The van der Waals surface area contributed by atoms with Gasteiger partial charge >= 0.3 is 0 Å². The summed E-state index contributed by atoms with van der Waals surface area (Å²) in [6.45, 7) is -0.204. The molecule has 0 atom stereocenters. The van der Waals surface area contributed by atoms with Crippen molar-refractivity contribution in [1.29, 1.82) is 0 Å². The number of rotatable bonds is 8. The Morgan fingerprint density at radius 2 is 1.45 bits per heavy atom. The SMILES string of the molecule is COc1ccccc1C(=O)Nc1ccc(OCC(=O)Nc2ccc(C(N)=O)cc2)cc1. The maximum atomic E-state index is 12.4. The van der Waals surface area contributed by atoms with Gasteiger partial charge in [0.25, 0.3) is 11.8 Å². The lowest BCUT2D eigenvalue weighted by molar-refractivity contribution is -0.118. The molecular formula is C23H21N3O5. The molecule has 8 nitrogen and oxygen atoms in total. The van der Waals surface area contributed by atoms with E-state index in [1.165, 1.54) is 19.2 Å². The minimum atomic E-state index is -0.538. The molecule has 3 rings (SSSR count). The number of hydrogen-bond donors (Lipinski definition) is 3. The van der Waals surface area contributed by atoms with Gasteiger partial charge in [-0.2, -0.15) is 0 Å². The van der Waals surface area contributed by atoms with Gasteiger partial charge in [-0.15, -0.1) is 0 Å². The van der Waals surface area contributed by atoms with E-state index in [0.29, 0.717) is 34.0 Å².